The van der Waals surface area contributed by atoms with E-state index in [-0.39, 0.29) is 0 Å². The molecule has 0 aliphatic carbocycles. The first kappa shape index (κ1) is 14.8. The summed E-state index contributed by atoms with van der Waals surface area (Å²) in [4.78, 5) is 0. The molecule has 0 fully saturated rings. The molecule has 5 heteroatoms. The van der Waals surface area contributed by atoms with Gasteiger partial charge in [0.2, 0.25) is 0 Å². The third-order valence-electron chi connectivity index (χ3n) is 2.54. The Morgan fingerprint density at radius 3 is 2.37 bits per heavy atom. The van der Waals surface area contributed by atoms with E-state index < -0.39 is 0 Å². The molecule has 2 rings (SSSR count). The van der Waals surface area contributed by atoms with E-state index in [4.69, 9.17) is 51.1 Å². The average Bonchev–Trinajstić information content (AvgIpc) is 2.40. The van der Waals surface area contributed by atoms with Crippen molar-refractivity contribution in [1.82, 2.24) is 0 Å². The molecule has 0 aliphatic heterocycles. The normalized spacial score (nSPS) is 10.5. The highest BCUT2D eigenvalue weighted by atomic mass is 35.5. The van der Waals surface area contributed by atoms with E-state index in [1.807, 2.05) is 6.07 Å². The Hall–Kier alpha value is -0.600. The number of rotatable bonds is 4. The van der Waals surface area contributed by atoms with Gasteiger partial charge in [0.1, 0.15) is 12.4 Å². The van der Waals surface area contributed by atoms with Crippen LogP contribution in [0.25, 0.3) is 0 Å². The van der Waals surface area contributed by atoms with E-state index in [1.54, 1.807) is 30.3 Å². The van der Waals surface area contributed by atoms with Gasteiger partial charge in [-0.2, -0.15) is 0 Å². The Morgan fingerprint density at radius 1 is 0.895 bits per heavy atom. The Kier molecular flexibility index (Phi) is 5.23. The molecule has 0 radical (unpaired) electrons. The van der Waals surface area contributed by atoms with Crippen LogP contribution >= 0.6 is 46.4 Å². The minimum Gasteiger partial charge on any atom is -0.487 e. The van der Waals surface area contributed by atoms with E-state index >= 15 is 0 Å². The lowest BCUT2D eigenvalue weighted by Crippen LogP contribution is -1.97. The van der Waals surface area contributed by atoms with E-state index in [0.29, 0.717) is 33.3 Å². The molecule has 19 heavy (non-hydrogen) atoms. The molecular formula is C14H10Cl4O. The molecule has 0 saturated carbocycles. The van der Waals surface area contributed by atoms with Crippen LogP contribution in [-0.4, -0.2) is 0 Å². The van der Waals surface area contributed by atoms with Gasteiger partial charge in [-0.3, -0.25) is 0 Å². The summed E-state index contributed by atoms with van der Waals surface area (Å²) in [5.41, 5.74) is 1.76. The molecule has 2 aromatic rings. The first-order valence-electron chi connectivity index (χ1n) is 5.51. The lowest BCUT2D eigenvalue weighted by atomic mass is 10.2. The predicted molar refractivity (Wildman–Crippen MR) is 81.8 cm³/mol. The standard InChI is InChI=1S/C14H10Cl4O/c15-7-9-1-4-14(13(18)5-9)19-8-10-6-11(16)2-3-12(10)17/h1-6H,7-8H2. The summed E-state index contributed by atoms with van der Waals surface area (Å²) in [7, 11) is 0. The minimum atomic E-state index is 0.305. The summed E-state index contributed by atoms with van der Waals surface area (Å²) in [6.07, 6.45) is 0. The number of hydrogen-bond donors (Lipinski definition) is 0. The quantitative estimate of drug-likeness (QED) is 0.626. The van der Waals surface area contributed by atoms with Gasteiger partial charge < -0.3 is 4.74 Å². The topological polar surface area (TPSA) is 9.23 Å². The van der Waals surface area contributed by atoms with Crippen molar-refractivity contribution in [3.63, 3.8) is 0 Å². The fourth-order valence-corrected chi connectivity index (χ4v) is 2.34. The van der Waals surface area contributed by atoms with Gasteiger partial charge in [0.25, 0.3) is 0 Å². The molecule has 0 aromatic heterocycles. The largest absolute Gasteiger partial charge is 0.487 e. The zero-order valence-corrected chi connectivity index (χ0v) is 12.8. The summed E-state index contributed by atoms with van der Waals surface area (Å²) in [6.45, 7) is 0.305. The van der Waals surface area contributed by atoms with Gasteiger partial charge >= 0.3 is 0 Å². The first-order valence-corrected chi connectivity index (χ1v) is 7.18. The third kappa shape index (κ3) is 3.93. The highest BCUT2D eigenvalue weighted by Crippen LogP contribution is 2.28. The predicted octanol–water partition coefficient (Wildman–Crippen LogP) is 5.96. The Balaban J connectivity index is 2.12. The summed E-state index contributed by atoms with van der Waals surface area (Å²) in [6, 6.07) is 10.7. The Morgan fingerprint density at radius 2 is 1.68 bits per heavy atom. The highest BCUT2D eigenvalue weighted by molar-refractivity contribution is 6.33. The fourth-order valence-electron chi connectivity index (χ4n) is 1.55. The van der Waals surface area contributed by atoms with Gasteiger partial charge in [-0.1, -0.05) is 40.9 Å². The molecule has 0 atom stereocenters. The van der Waals surface area contributed by atoms with Gasteiger partial charge in [0.05, 0.1) is 5.02 Å². The van der Waals surface area contributed by atoms with Crippen molar-refractivity contribution in [3.05, 3.63) is 62.6 Å². The monoisotopic (exact) mass is 334 g/mol. The second-order valence-electron chi connectivity index (χ2n) is 3.92. The van der Waals surface area contributed by atoms with Crippen LogP contribution in [-0.2, 0) is 12.5 Å². The van der Waals surface area contributed by atoms with Gasteiger partial charge in [-0.25, -0.2) is 0 Å². The second kappa shape index (κ2) is 6.71. The van der Waals surface area contributed by atoms with E-state index in [9.17, 15) is 0 Å². The summed E-state index contributed by atoms with van der Waals surface area (Å²) < 4.78 is 5.64. The van der Waals surface area contributed by atoms with Crippen LogP contribution in [0.15, 0.2) is 36.4 Å². The zero-order chi connectivity index (χ0) is 13.8. The molecule has 0 N–H and O–H groups in total. The maximum Gasteiger partial charge on any atom is 0.138 e. The highest BCUT2D eigenvalue weighted by Gasteiger charge is 2.06. The van der Waals surface area contributed by atoms with E-state index in [1.165, 1.54) is 0 Å². The molecule has 0 aliphatic rings. The maximum absolute atomic E-state index is 6.10. The van der Waals surface area contributed by atoms with Crippen LogP contribution < -0.4 is 4.74 Å². The molecule has 0 saturated heterocycles. The SMILES string of the molecule is ClCc1ccc(OCc2cc(Cl)ccc2Cl)c(Cl)c1. The van der Waals surface area contributed by atoms with Crippen LogP contribution in [0.3, 0.4) is 0 Å². The molecule has 1 nitrogen and oxygen atoms in total. The van der Waals surface area contributed by atoms with Crippen LogP contribution in [0.1, 0.15) is 11.1 Å². The first-order chi connectivity index (χ1) is 9.10. The number of hydrogen-bond acceptors (Lipinski definition) is 1. The summed E-state index contributed by atoms with van der Waals surface area (Å²) in [5.74, 6) is 1.01. The molecule has 0 heterocycles. The molecular weight excluding hydrogens is 326 g/mol. The number of alkyl halides is 1. The van der Waals surface area contributed by atoms with Crippen LogP contribution in [0.5, 0.6) is 5.75 Å². The van der Waals surface area contributed by atoms with Crippen molar-refractivity contribution in [2.75, 3.05) is 0 Å². The van der Waals surface area contributed by atoms with Crippen molar-refractivity contribution in [2.24, 2.45) is 0 Å². The number of benzene rings is 2. The van der Waals surface area contributed by atoms with Crippen molar-refractivity contribution in [2.45, 2.75) is 12.5 Å². The maximum atomic E-state index is 6.10. The Labute approximate surface area is 132 Å². The fraction of sp³-hybridized carbons (Fsp3) is 0.143. The van der Waals surface area contributed by atoms with Gasteiger partial charge in [-0.05, 0) is 35.9 Å². The lowest BCUT2D eigenvalue weighted by molar-refractivity contribution is 0.306. The molecule has 0 unspecified atom stereocenters. The summed E-state index contributed by atoms with van der Waals surface area (Å²) in [5, 5.41) is 1.75. The van der Waals surface area contributed by atoms with E-state index in [0.717, 1.165) is 11.1 Å². The number of ether oxygens (including phenoxy) is 1. The lowest BCUT2D eigenvalue weighted by Gasteiger charge is -2.10. The Bertz CT molecular complexity index is 584. The minimum absolute atomic E-state index is 0.305. The smallest absolute Gasteiger partial charge is 0.138 e. The van der Waals surface area contributed by atoms with Crippen molar-refractivity contribution < 1.29 is 4.74 Å². The van der Waals surface area contributed by atoms with Crippen LogP contribution in [0.2, 0.25) is 15.1 Å². The zero-order valence-electron chi connectivity index (χ0n) is 9.80. The second-order valence-corrected chi connectivity index (χ2v) is 5.44. The molecule has 0 amide bonds. The number of halogens is 4. The van der Waals surface area contributed by atoms with Crippen molar-refractivity contribution >= 4 is 46.4 Å². The molecule has 2 aromatic carbocycles. The van der Waals surface area contributed by atoms with Crippen LogP contribution in [0, 0.1) is 0 Å². The molecule has 0 spiro atoms. The van der Waals surface area contributed by atoms with E-state index in [2.05, 4.69) is 0 Å². The van der Waals surface area contributed by atoms with Gasteiger partial charge in [0, 0.05) is 21.5 Å². The van der Waals surface area contributed by atoms with Gasteiger partial charge in [-0.15, -0.1) is 11.6 Å². The van der Waals surface area contributed by atoms with Gasteiger partial charge in [0.15, 0.2) is 0 Å². The van der Waals surface area contributed by atoms with Crippen molar-refractivity contribution in [3.8, 4) is 5.75 Å². The molecule has 0 bridgehead atoms. The molecule has 100 valence electrons. The van der Waals surface area contributed by atoms with Crippen LogP contribution in [0.4, 0.5) is 0 Å². The van der Waals surface area contributed by atoms with Crippen molar-refractivity contribution in [1.29, 1.82) is 0 Å². The summed E-state index contributed by atoms with van der Waals surface area (Å²) >= 11 is 23.8. The average molecular weight is 336 g/mol. The third-order valence-corrected chi connectivity index (χ3v) is 3.75.